The van der Waals surface area contributed by atoms with Crippen molar-refractivity contribution in [1.29, 1.82) is 0 Å². The van der Waals surface area contributed by atoms with E-state index in [1.54, 1.807) is 23.3 Å². The van der Waals surface area contributed by atoms with Crippen LogP contribution in [0.15, 0.2) is 66.0 Å². The van der Waals surface area contributed by atoms with Gasteiger partial charge in [-0.3, -0.25) is 4.72 Å². The zero-order valence-corrected chi connectivity index (χ0v) is 17.1. The van der Waals surface area contributed by atoms with Crippen LogP contribution in [0, 0.1) is 0 Å². The highest BCUT2D eigenvalue weighted by Crippen LogP contribution is 2.30. The first-order valence-corrected chi connectivity index (χ1v) is 10.7. The van der Waals surface area contributed by atoms with E-state index in [1.807, 2.05) is 0 Å². The van der Waals surface area contributed by atoms with Gasteiger partial charge < -0.3 is 4.74 Å². The molecule has 136 valence electrons. The largest absolute Gasteiger partial charge is 0.489 e. The minimum atomic E-state index is 0.134. The summed E-state index contributed by atoms with van der Waals surface area (Å²) in [5.41, 5.74) is 3.70. The summed E-state index contributed by atoms with van der Waals surface area (Å²) < 4.78 is 9.35. The molecule has 1 heterocycles. The number of ether oxygens (including phenoxy) is 1. The van der Waals surface area contributed by atoms with Gasteiger partial charge >= 0.3 is 0 Å². The molecule has 0 radical (unpaired) electrons. The van der Waals surface area contributed by atoms with Gasteiger partial charge in [0.2, 0.25) is 0 Å². The molecule has 0 aliphatic rings. The van der Waals surface area contributed by atoms with E-state index in [2.05, 4.69) is 91.5 Å². The quantitative estimate of drug-likeness (QED) is 0.449. The second-order valence-electron chi connectivity index (χ2n) is 6.53. The summed E-state index contributed by atoms with van der Waals surface area (Å²) in [6, 6.07) is 21.3. The molecule has 0 aliphatic carbocycles. The lowest BCUT2D eigenvalue weighted by Crippen LogP contribution is -2.25. The minimum Gasteiger partial charge on any atom is -0.489 e. The van der Waals surface area contributed by atoms with Crippen LogP contribution in [-0.2, 0) is 0 Å². The topological polar surface area (TPSA) is 21.3 Å². The summed E-state index contributed by atoms with van der Waals surface area (Å²) in [6.45, 7) is 7.27. The van der Waals surface area contributed by atoms with Crippen LogP contribution in [0.5, 0.6) is 5.75 Å². The van der Waals surface area contributed by atoms with Crippen LogP contribution in [0.2, 0.25) is 0 Å². The van der Waals surface area contributed by atoms with Crippen LogP contribution in [0.3, 0.4) is 0 Å². The maximum absolute atomic E-state index is 6.00. The normalized spacial score (nSPS) is 12.3. The van der Waals surface area contributed by atoms with Crippen molar-refractivity contribution in [2.24, 2.45) is 0 Å². The van der Waals surface area contributed by atoms with Crippen LogP contribution >= 0.6 is 23.3 Å². The van der Waals surface area contributed by atoms with Crippen LogP contribution in [0.1, 0.15) is 20.8 Å². The summed E-state index contributed by atoms with van der Waals surface area (Å²) in [4.78, 5) is 1.30. The standard InChI is InChI=1S/C22H25NOS2/c1-16(2)26-23-15-17(3)24-21-11-9-18(10-12-21)19-6-4-7-20(14-19)22-8-5-13-25-22/h4-14,16-17,23H,15H2,1-3H3. The third-order valence-corrected chi connectivity index (χ3v) is 5.61. The van der Waals surface area contributed by atoms with E-state index in [9.17, 15) is 0 Å². The molecule has 26 heavy (non-hydrogen) atoms. The van der Waals surface area contributed by atoms with Crippen molar-refractivity contribution in [2.75, 3.05) is 6.54 Å². The van der Waals surface area contributed by atoms with Gasteiger partial charge in [-0.05, 0) is 53.3 Å². The Balaban J connectivity index is 1.63. The van der Waals surface area contributed by atoms with Gasteiger partial charge in [-0.1, -0.05) is 62.2 Å². The van der Waals surface area contributed by atoms with E-state index < -0.39 is 0 Å². The number of hydrogen-bond acceptors (Lipinski definition) is 4. The maximum Gasteiger partial charge on any atom is 0.119 e. The van der Waals surface area contributed by atoms with E-state index in [0.717, 1.165) is 12.3 Å². The molecule has 0 bridgehead atoms. The summed E-state index contributed by atoms with van der Waals surface area (Å²) in [5, 5.41) is 2.69. The van der Waals surface area contributed by atoms with E-state index in [1.165, 1.54) is 21.6 Å². The van der Waals surface area contributed by atoms with Crippen molar-refractivity contribution >= 4 is 23.3 Å². The number of benzene rings is 2. The molecule has 3 rings (SSSR count). The molecule has 2 nitrogen and oxygen atoms in total. The van der Waals surface area contributed by atoms with Gasteiger partial charge in [0.15, 0.2) is 0 Å². The molecule has 0 saturated carbocycles. The minimum absolute atomic E-state index is 0.134. The fraction of sp³-hybridized carbons (Fsp3) is 0.273. The Morgan fingerprint density at radius 1 is 0.923 bits per heavy atom. The maximum atomic E-state index is 6.00. The van der Waals surface area contributed by atoms with Gasteiger partial charge in [-0.15, -0.1) is 11.3 Å². The lowest BCUT2D eigenvalue weighted by molar-refractivity contribution is 0.226. The molecule has 0 amide bonds. The first kappa shape index (κ1) is 19.0. The molecular weight excluding hydrogens is 358 g/mol. The predicted molar refractivity (Wildman–Crippen MR) is 116 cm³/mol. The summed E-state index contributed by atoms with van der Waals surface area (Å²) in [5.74, 6) is 0.909. The lowest BCUT2D eigenvalue weighted by atomic mass is 10.0. The molecule has 3 aromatic rings. The molecule has 4 heteroatoms. The van der Waals surface area contributed by atoms with E-state index in [0.29, 0.717) is 5.25 Å². The number of hydrogen-bond donors (Lipinski definition) is 1. The Labute approximate surface area is 164 Å². The average Bonchev–Trinajstić information content (AvgIpc) is 3.17. The van der Waals surface area contributed by atoms with Gasteiger partial charge in [-0.25, -0.2) is 0 Å². The first-order valence-electron chi connectivity index (χ1n) is 8.91. The Morgan fingerprint density at radius 3 is 2.38 bits per heavy atom. The lowest BCUT2D eigenvalue weighted by Gasteiger charge is -2.16. The average molecular weight is 384 g/mol. The number of nitrogens with one attached hydrogen (secondary N) is 1. The van der Waals surface area contributed by atoms with Crippen molar-refractivity contribution < 1.29 is 4.74 Å². The molecule has 0 spiro atoms. The van der Waals surface area contributed by atoms with E-state index >= 15 is 0 Å². The zero-order valence-electron chi connectivity index (χ0n) is 15.4. The second kappa shape index (κ2) is 9.26. The predicted octanol–water partition coefficient (Wildman–Crippen LogP) is 6.50. The van der Waals surface area contributed by atoms with Gasteiger partial charge in [0, 0.05) is 16.7 Å². The Morgan fingerprint density at radius 2 is 1.69 bits per heavy atom. The highest BCUT2D eigenvalue weighted by Gasteiger charge is 2.06. The van der Waals surface area contributed by atoms with Crippen LogP contribution in [0.25, 0.3) is 21.6 Å². The third kappa shape index (κ3) is 5.37. The molecule has 1 aromatic heterocycles. The molecule has 2 aromatic carbocycles. The summed E-state index contributed by atoms with van der Waals surface area (Å²) in [7, 11) is 0. The highest BCUT2D eigenvalue weighted by atomic mass is 32.2. The number of rotatable bonds is 8. The van der Waals surface area contributed by atoms with Crippen LogP contribution in [-0.4, -0.2) is 17.9 Å². The van der Waals surface area contributed by atoms with Gasteiger partial charge in [0.05, 0.1) is 0 Å². The number of thiophene rings is 1. The molecule has 1 unspecified atom stereocenters. The van der Waals surface area contributed by atoms with Crippen molar-refractivity contribution in [2.45, 2.75) is 32.1 Å². The van der Waals surface area contributed by atoms with Crippen molar-refractivity contribution in [3.63, 3.8) is 0 Å². The van der Waals surface area contributed by atoms with E-state index in [4.69, 9.17) is 4.74 Å². The van der Waals surface area contributed by atoms with Crippen LogP contribution < -0.4 is 9.46 Å². The van der Waals surface area contributed by atoms with Crippen molar-refractivity contribution in [1.82, 2.24) is 4.72 Å². The van der Waals surface area contributed by atoms with Crippen molar-refractivity contribution in [3.05, 3.63) is 66.0 Å². The fourth-order valence-corrected chi connectivity index (χ4v) is 4.02. The smallest absolute Gasteiger partial charge is 0.119 e. The molecule has 1 atom stereocenters. The summed E-state index contributed by atoms with van der Waals surface area (Å²) >= 11 is 3.51. The Bertz CT molecular complexity index is 797. The Hall–Kier alpha value is -1.75. The van der Waals surface area contributed by atoms with Crippen LogP contribution in [0.4, 0.5) is 0 Å². The molecule has 0 saturated heterocycles. The SMILES string of the molecule is CC(CNSC(C)C)Oc1ccc(-c2cccc(-c3cccs3)c2)cc1. The summed E-state index contributed by atoms with van der Waals surface area (Å²) in [6.07, 6.45) is 0.134. The molecule has 0 fully saturated rings. The highest BCUT2D eigenvalue weighted by molar-refractivity contribution is 7.97. The van der Waals surface area contributed by atoms with Gasteiger partial charge in [0.1, 0.15) is 11.9 Å². The second-order valence-corrected chi connectivity index (χ2v) is 8.94. The zero-order chi connectivity index (χ0) is 18.4. The van der Waals surface area contributed by atoms with E-state index in [-0.39, 0.29) is 6.10 Å². The molecular formula is C22H25NOS2. The van der Waals surface area contributed by atoms with Gasteiger partial charge in [-0.2, -0.15) is 0 Å². The molecule has 0 aliphatic heterocycles. The van der Waals surface area contributed by atoms with Gasteiger partial charge in [0.25, 0.3) is 0 Å². The Kier molecular flexibility index (Phi) is 6.78. The fourth-order valence-electron chi connectivity index (χ4n) is 2.63. The molecule has 1 N–H and O–H groups in total. The monoisotopic (exact) mass is 383 g/mol. The first-order chi connectivity index (χ1) is 12.6. The van der Waals surface area contributed by atoms with Crippen molar-refractivity contribution in [3.8, 4) is 27.3 Å². The third-order valence-electron chi connectivity index (χ3n) is 3.88.